The maximum atomic E-state index is 12.5. The molecule has 0 radical (unpaired) electrons. The van der Waals surface area contributed by atoms with Gasteiger partial charge in [-0.2, -0.15) is 0 Å². The van der Waals surface area contributed by atoms with E-state index < -0.39 is 17.8 Å². The number of hydrogen-bond acceptors (Lipinski definition) is 3. The maximum Gasteiger partial charge on any atom is 0.307 e. The van der Waals surface area contributed by atoms with Crippen molar-refractivity contribution < 1.29 is 19.4 Å². The normalized spacial score (nSPS) is 18.9. The predicted molar refractivity (Wildman–Crippen MR) is 113 cm³/mol. The number of rotatable bonds is 5. The molecule has 2 aromatic rings. The highest BCUT2D eigenvalue weighted by atomic mass is 16.5. The highest BCUT2D eigenvalue weighted by Gasteiger charge is 2.33. The molecule has 5 nitrogen and oxygen atoms in total. The van der Waals surface area contributed by atoms with Crippen LogP contribution in [0.5, 0.6) is 11.5 Å². The third-order valence-corrected chi connectivity index (χ3v) is 5.16. The minimum absolute atomic E-state index is 0.0894. The van der Waals surface area contributed by atoms with Crippen molar-refractivity contribution in [1.82, 2.24) is 0 Å². The molecule has 0 spiro atoms. The summed E-state index contributed by atoms with van der Waals surface area (Å²) in [6.45, 7) is 6.49. The zero-order chi connectivity index (χ0) is 21.0. The fourth-order valence-corrected chi connectivity index (χ4v) is 3.38. The molecule has 2 N–H and O–H groups in total. The van der Waals surface area contributed by atoms with Crippen LogP contribution in [0.3, 0.4) is 0 Å². The number of carboxylic acid groups (broad SMARTS) is 1. The van der Waals surface area contributed by atoms with E-state index in [0.717, 1.165) is 5.75 Å². The quantitative estimate of drug-likeness (QED) is 0.669. The van der Waals surface area contributed by atoms with Gasteiger partial charge in [-0.15, -0.1) is 0 Å². The number of allylic oxidation sites excluding steroid dienone is 2. The van der Waals surface area contributed by atoms with Crippen LogP contribution in [0, 0.1) is 11.8 Å². The Labute approximate surface area is 171 Å². The van der Waals surface area contributed by atoms with Gasteiger partial charge in [0.05, 0.1) is 11.8 Å². The fourth-order valence-electron chi connectivity index (χ4n) is 3.38. The lowest BCUT2D eigenvalue weighted by Gasteiger charge is -2.24. The van der Waals surface area contributed by atoms with E-state index in [-0.39, 0.29) is 11.3 Å². The number of anilines is 1. The Kier molecular flexibility index (Phi) is 6.06. The van der Waals surface area contributed by atoms with Crippen LogP contribution in [0.4, 0.5) is 5.69 Å². The lowest BCUT2D eigenvalue weighted by atomic mass is 9.82. The summed E-state index contributed by atoms with van der Waals surface area (Å²) >= 11 is 0. The molecule has 0 unspecified atom stereocenters. The van der Waals surface area contributed by atoms with E-state index in [2.05, 4.69) is 38.2 Å². The van der Waals surface area contributed by atoms with Crippen molar-refractivity contribution >= 4 is 17.6 Å². The Morgan fingerprint density at radius 1 is 0.897 bits per heavy atom. The minimum atomic E-state index is -0.935. The highest BCUT2D eigenvalue weighted by Crippen LogP contribution is 2.29. The number of carbonyl (C=O) groups is 2. The van der Waals surface area contributed by atoms with Gasteiger partial charge in [0.25, 0.3) is 0 Å². The maximum absolute atomic E-state index is 12.5. The number of carbonyl (C=O) groups excluding carboxylic acids is 1. The number of ether oxygens (including phenoxy) is 1. The molecule has 29 heavy (non-hydrogen) atoms. The molecule has 1 aliphatic rings. The van der Waals surface area contributed by atoms with Gasteiger partial charge in [-0.25, -0.2) is 0 Å². The molecule has 0 bridgehead atoms. The van der Waals surface area contributed by atoms with Gasteiger partial charge < -0.3 is 15.2 Å². The van der Waals surface area contributed by atoms with Gasteiger partial charge >= 0.3 is 5.97 Å². The molecule has 1 aliphatic carbocycles. The Morgan fingerprint density at radius 2 is 1.41 bits per heavy atom. The molecule has 152 valence electrons. The minimum Gasteiger partial charge on any atom is -0.481 e. The summed E-state index contributed by atoms with van der Waals surface area (Å²) in [5, 5.41) is 12.2. The lowest BCUT2D eigenvalue weighted by Crippen LogP contribution is -2.34. The van der Waals surface area contributed by atoms with E-state index in [1.54, 1.807) is 24.3 Å². The Bertz CT molecular complexity index is 892. The van der Waals surface area contributed by atoms with Gasteiger partial charge in [-0.1, -0.05) is 45.1 Å². The molecule has 2 aromatic carbocycles. The van der Waals surface area contributed by atoms with Crippen molar-refractivity contribution in [2.45, 2.75) is 39.0 Å². The first-order valence-electron chi connectivity index (χ1n) is 9.81. The van der Waals surface area contributed by atoms with Gasteiger partial charge in [0, 0.05) is 5.69 Å². The Hall–Kier alpha value is -3.08. The first kappa shape index (κ1) is 20.6. The van der Waals surface area contributed by atoms with Gasteiger partial charge in [0.15, 0.2) is 0 Å². The van der Waals surface area contributed by atoms with Crippen LogP contribution in [0.25, 0.3) is 0 Å². The number of aliphatic carboxylic acids is 1. The van der Waals surface area contributed by atoms with E-state index in [0.29, 0.717) is 24.3 Å². The van der Waals surface area contributed by atoms with Crippen LogP contribution >= 0.6 is 0 Å². The fraction of sp³-hybridized carbons (Fsp3) is 0.333. The molecular weight excluding hydrogens is 366 g/mol. The topological polar surface area (TPSA) is 75.6 Å². The van der Waals surface area contributed by atoms with Crippen LogP contribution in [-0.4, -0.2) is 17.0 Å². The summed E-state index contributed by atoms with van der Waals surface area (Å²) in [5.74, 6) is -1.04. The highest BCUT2D eigenvalue weighted by molar-refractivity contribution is 5.95. The smallest absolute Gasteiger partial charge is 0.307 e. The van der Waals surface area contributed by atoms with Crippen LogP contribution in [0.1, 0.15) is 39.2 Å². The standard InChI is InChI=1S/C24H27NO4/c1-24(2,3)16-8-12-18(13-9-16)29-19-14-10-17(11-15-19)25-22(26)20-6-4-5-7-21(20)23(27)28/h4-5,8-15,20-21H,6-7H2,1-3H3,(H,25,26)(H,27,28)/t20-,21-/m0/s1. The molecule has 0 aromatic heterocycles. The van der Waals surface area contributed by atoms with Gasteiger partial charge in [0.2, 0.25) is 5.91 Å². The predicted octanol–water partition coefficient (Wildman–Crippen LogP) is 5.38. The van der Waals surface area contributed by atoms with Crippen LogP contribution in [-0.2, 0) is 15.0 Å². The first-order chi connectivity index (χ1) is 13.7. The zero-order valence-corrected chi connectivity index (χ0v) is 17.0. The summed E-state index contributed by atoms with van der Waals surface area (Å²) in [6, 6.07) is 15.1. The van der Waals surface area contributed by atoms with Crippen LogP contribution < -0.4 is 10.1 Å². The van der Waals surface area contributed by atoms with E-state index in [1.807, 2.05) is 24.3 Å². The molecular formula is C24H27NO4. The summed E-state index contributed by atoms with van der Waals surface area (Å²) in [4.78, 5) is 23.9. The summed E-state index contributed by atoms with van der Waals surface area (Å²) in [6.07, 6.45) is 4.51. The van der Waals surface area contributed by atoms with E-state index >= 15 is 0 Å². The third kappa shape index (κ3) is 5.25. The Balaban J connectivity index is 1.62. The van der Waals surface area contributed by atoms with Crippen LogP contribution in [0.15, 0.2) is 60.7 Å². The van der Waals surface area contributed by atoms with Crippen molar-refractivity contribution in [3.05, 3.63) is 66.2 Å². The SMILES string of the molecule is CC(C)(C)c1ccc(Oc2ccc(NC(=O)[C@H]3CC=CC[C@@H]3C(=O)O)cc2)cc1. The molecule has 2 atom stereocenters. The number of benzene rings is 2. The third-order valence-electron chi connectivity index (χ3n) is 5.16. The van der Waals surface area contributed by atoms with Crippen molar-refractivity contribution in [2.75, 3.05) is 5.32 Å². The van der Waals surface area contributed by atoms with E-state index in [4.69, 9.17) is 4.74 Å². The lowest BCUT2D eigenvalue weighted by molar-refractivity contribution is -0.146. The van der Waals surface area contributed by atoms with Crippen molar-refractivity contribution in [3.63, 3.8) is 0 Å². The van der Waals surface area contributed by atoms with Crippen molar-refractivity contribution in [1.29, 1.82) is 0 Å². The summed E-state index contributed by atoms with van der Waals surface area (Å²) in [5.41, 5.74) is 1.94. The number of amides is 1. The second-order valence-electron chi connectivity index (χ2n) is 8.38. The van der Waals surface area contributed by atoms with Crippen molar-refractivity contribution in [2.24, 2.45) is 11.8 Å². The second-order valence-corrected chi connectivity index (χ2v) is 8.38. The molecule has 1 amide bonds. The van der Waals surface area contributed by atoms with Crippen molar-refractivity contribution in [3.8, 4) is 11.5 Å². The molecule has 0 heterocycles. The number of nitrogens with one attached hydrogen (secondary N) is 1. The molecule has 0 aliphatic heterocycles. The molecule has 5 heteroatoms. The average molecular weight is 393 g/mol. The van der Waals surface area contributed by atoms with E-state index in [1.165, 1.54) is 5.56 Å². The summed E-state index contributed by atoms with van der Waals surface area (Å²) < 4.78 is 5.87. The monoisotopic (exact) mass is 393 g/mol. The molecule has 3 rings (SSSR count). The molecule has 0 saturated heterocycles. The first-order valence-corrected chi connectivity index (χ1v) is 9.81. The second kappa shape index (κ2) is 8.52. The molecule has 0 saturated carbocycles. The van der Waals surface area contributed by atoms with Crippen LogP contribution in [0.2, 0.25) is 0 Å². The zero-order valence-electron chi connectivity index (χ0n) is 17.0. The van der Waals surface area contributed by atoms with Gasteiger partial charge in [-0.05, 0) is 60.2 Å². The summed E-state index contributed by atoms with van der Waals surface area (Å²) in [7, 11) is 0. The van der Waals surface area contributed by atoms with E-state index in [9.17, 15) is 14.7 Å². The Morgan fingerprint density at radius 3 is 1.93 bits per heavy atom. The largest absolute Gasteiger partial charge is 0.481 e. The average Bonchev–Trinajstić information content (AvgIpc) is 2.69. The number of hydrogen-bond donors (Lipinski definition) is 2. The number of carboxylic acids is 1. The van der Waals surface area contributed by atoms with Gasteiger partial charge in [-0.3, -0.25) is 9.59 Å². The van der Waals surface area contributed by atoms with Gasteiger partial charge in [0.1, 0.15) is 11.5 Å². The molecule has 0 fully saturated rings.